The maximum Gasteiger partial charge on any atom is 0.152 e. The number of hydrogen-bond acceptors (Lipinski definition) is 4. The van der Waals surface area contributed by atoms with Crippen molar-refractivity contribution in [3.8, 4) is 17.0 Å². The Morgan fingerprint density at radius 2 is 1.94 bits per heavy atom. The third kappa shape index (κ3) is 8.26. The molecule has 0 unspecified atom stereocenters. The van der Waals surface area contributed by atoms with E-state index in [2.05, 4.69) is 35.2 Å². The lowest BCUT2D eigenvalue weighted by atomic mass is 10.00. The highest BCUT2D eigenvalue weighted by molar-refractivity contribution is 6.02. The van der Waals surface area contributed by atoms with Gasteiger partial charge in [-0.15, -0.1) is 0 Å². The van der Waals surface area contributed by atoms with Crippen molar-refractivity contribution in [2.75, 3.05) is 20.7 Å². The van der Waals surface area contributed by atoms with Crippen molar-refractivity contribution in [1.82, 2.24) is 10.3 Å². The summed E-state index contributed by atoms with van der Waals surface area (Å²) in [6.07, 6.45) is 13.8. The number of aliphatic imine (C=N–C) groups is 2. The first-order valence-corrected chi connectivity index (χ1v) is 12.1. The molecule has 7 heteroatoms. The van der Waals surface area contributed by atoms with E-state index >= 15 is 0 Å². The first-order valence-electron chi connectivity index (χ1n) is 12.1. The molecule has 0 aliphatic rings. The number of nitrogens with one attached hydrogen (secondary N) is 1. The normalized spacial score (nSPS) is 13.2. The number of amidine groups is 1. The van der Waals surface area contributed by atoms with E-state index in [1.807, 2.05) is 38.3 Å². The van der Waals surface area contributed by atoms with E-state index < -0.39 is 11.6 Å². The Morgan fingerprint density at radius 3 is 2.58 bits per heavy atom. The molecule has 36 heavy (non-hydrogen) atoms. The number of nitrogens with zero attached hydrogens (tertiary/aromatic N) is 3. The molecule has 0 amide bonds. The molecule has 0 aliphatic carbocycles. The summed E-state index contributed by atoms with van der Waals surface area (Å²) < 4.78 is 33.6. The Bertz CT molecular complexity index is 1180. The summed E-state index contributed by atoms with van der Waals surface area (Å²) in [6, 6.07) is 4.32. The summed E-state index contributed by atoms with van der Waals surface area (Å²) >= 11 is 0. The van der Waals surface area contributed by atoms with Gasteiger partial charge < -0.3 is 10.1 Å². The van der Waals surface area contributed by atoms with E-state index in [0.717, 1.165) is 53.9 Å². The molecule has 1 N–H and O–H groups in total. The van der Waals surface area contributed by atoms with Crippen LogP contribution in [0.5, 0.6) is 5.75 Å². The minimum absolute atomic E-state index is 0.0423. The number of hydrogen-bond donors (Lipinski definition) is 1. The molecule has 0 saturated carbocycles. The van der Waals surface area contributed by atoms with E-state index in [9.17, 15) is 8.78 Å². The summed E-state index contributed by atoms with van der Waals surface area (Å²) in [7, 11) is 3.31. The maximum absolute atomic E-state index is 14.6. The Morgan fingerprint density at radius 1 is 1.17 bits per heavy atom. The summed E-state index contributed by atoms with van der Waals surface area (Å²) in [5.41, 5.74) is 4.05. The van der Waals surface area contributed by atoms with Crippen molar-refractivity contribution in [3.05, 3.63) is 83.2 Å². The number of methoxy groups -OCH3 is 1. The van der Waals surface area contributed by atoms with Crippen LogP contribution >= 0.6 is 0 Å². The summed E-state index contributed by atoms with van der Waals surface area (Å²) in [5.74, 6) is -0.308. The number of rotatable bonds is 11. The van der Waals surface area contributed by atoms with Gasteiger partial charge in [0.2, 0.25) is 0 Å². The van der Waals surface area contributed by atoms with Crippen molar-refractivity contribution >= 4 is 11.5 Å². The van der Waals surface area contributed by atoms with E-state index in [-0.39, 0.29) is 5.69 Å². The monoisotopic (exact) mass is 494 g/mol. The topological polar surface area (TPSA) is 58.9 Å². The molecule has 1 aromatic carbocycles. The number of allylic oxidation sites excluding steroid dienone is 3. The van der Waals surface area contributed by atoms with Crippen LogP contribution in [0.3, 0.4) is 0 Å². The summed E-state index contributed by atoms with van der Waals surface area (Å²) in [6.45, 7) is 8.48. The standard InChI is InChI=1S/C29H36F2N4O/c1-7-9-10-14-33-29(35-18-22(11-8-2)13-12-20(3)32-5)25-15-23(16-27(36-6)21(25)4)28-26(31)17-24(30)19-34-28/h10-17,19H,7-9,18H2,1-6H3,(H,33,35)/b13-12-,14-10+,22-11-,32-20?. The lowest BCUT2D eigenvalue weighted by molar-refractivity contribution is 0.411. The molecule has 0 fully saturated rings. The molecule has 1 aromatic heterocycles. The molecular weight excluding hydrogens is 458 g/mol. The lowest BCUT2D eigenvalue weighted by Crippen LogP contribution is -2.21. The van der Waals surface area contributed by atoms with Crippen molar-refractivity contribution in [3.63, 3.8) is 0 Å². The molecule has 2 rings (SSSR count). The van der Waals surface area contributed by atoms with Crippen LogP contribution in [-0.4, -0.2) is 37.2 Å². The fourth-order valence-corrected chi connectivity index (χ4v) is 3.43. The van der Waals surface area contributed by atoms with Gasteiger partial charge in [-0.3, -0.25) is 15.0 Å². The minimum atomic E-state index is -0.743. The van der Waals surface area contributed by atoms with Gasteiger partial charge in [0.1, 0.15) is 23.1 Å². The third-order valence-corrected chi connectivity index (χ3v) is 5.49. The van der Waals surface area contributed by atoms with E-state index in [4.69, 9.17) is 9.73 Å². The Kier molecular flexibility index (Phi) is 11.7. The highest BCUT2D eigenvalue weighted by atomic mass is 19.1. The molecule has 0 atom stereocenters. The van der Waals surface area contributed by atoms with E-state index in [1.54, 1.807) is 26.3 Å². The second-order valence-corrected chi connectivity index (χ2v) is 8.22. The molecule has 0 radical (unpaired) electrons. The number of benzene rings is 1. The molecule has 0 saturated heterocycles. The second kappa shape index (κ2) is 14.7. The largest absolute Gasteiger partial charge is 0.496 e. The molecule has 2 aromatic rings. The molecular formula is C29H36F2N4O. The Hall–Kier alpha value is -3.61. The minimum Gasteiger partial charge on any atom is -0.496 e. The number of unbranched alkanes of at least 4 members (excludes halogenated alkanes) is 1. The molecule has 5 nitrogen and oxygen atoms in total. The highest BCUT2D eigenvalue weighted by Gasteiger charge is 2.17. The number of pyridine rings is 1. The van der Waals surface area contributed by atoms with Gasteiger partial charge in [-0.2, -0.15) is 0 Å². The Balaban J connectivity index is 2.61. The maximum atomic E-state index is 14.6. The highest BCUT2D eigenvalue weighted by Crippen LogP contribution is 2.31. The van der Waals surface area contributed by atoms with Crippen molar-refractivity contribution in [2.24, 2.45) is 9.98 Å². The third-order valence-electron chi connectivity index (χ3n) is 5.49. The van der Waals surface area contributed by atoms with Crippen LogP contribution in [0.15, 0.2) is 70.5 Å². The average Bonchev–Trinajstić information content (AvgIpc) is 2.87. The van der Waals surface area contributed by atoms with Gasteiger partial charge in [0.25, 0.3) is 0 Å². The van der Waals surface area contributed by atoms with E-state index in [0.29, 0.717) is 23.7 Å². The molecule has 0 spiro atoms. The number of aromatic nitrogens is 1. The van der Waals surface area contributed by atoms with Crippen molar-refractivity contribution < 1.29 is 13.5 Å². The van der Waals surface area contributed by atoms with Crippen molar-refractivity contribution in [1.29, 1.82) is 0 Å². The van der Waals surface area contributed by atoms with Crippen LogP contribution in [0, 0.1) is 18.6 Å². The SMILES string of the molecule is CC/C=C(/C=C\C(C)=NC)CN=C(N/C=C/CCC)c1cc(-c2ncc(F)cc2F)cc(OC)c1C. The second-order valence-electron chi connectivity index (χ2n) is 8.22. The van der Waals surface area contributed by atoms with Gasteiger partial charge in [0.15, 0.2) is 5.82 Å². The fourth-order valence-electron chi connectivity index (χ4n) is 3.43. The van der Waals surface area contributed by atoms with Crippen LogP contribution in [-0.2, 0) is 0 Å². The van der Waals surface area contributed by atoms with Gasteiger partial charge in [-0.1, -0.05) is 38.5 Å². The van der Waals surface area contributed by atoms with Gasteiger partial charge in [0.05, 0.1) is 19.9 Å². The predicted octanol–water partition coefficient (Wildman–Crippen LogP) is 6.98. The van der Waals surface area contributed by atoms with Crippen LogP contribution in [0.2, 0.25) is 0 Å². The first kappa shape index (κ1) is 28.6. The van der Waals surface area contributed by atoms with Gasteiger partial charge >= 0.3 is 0 Å². The fraction of sp³-hybridized carbons (Fsp3) is 0.345. The smallest absolute Gasteiger partial charge is 0.152 e. The predicted molar refractivity (Wildman–Crippen MR) is 146 cm³/mol. The van der Waals surface area contributed by atoms with Crippen molar-refractivity contribution in [2.45, 2.75) is 47.0 Å². The average molecular weight is 495 g/mol. The lowest BCUT2D eigenvalue weighted by Gasteiger charge is -2.16. The van der Waals surface area contributed by atoms with Crippen LogP contribution in [0.1, 0.15) is 51.2 Å². The van der Waals surface area contributed by atoms with Gasteiger partial charge in [-0.05, 0) is 56.7 Å². The summed E-state index contributed by atoms with van der Waals surface area (Å²) in [4.78, 5) is 13.0. The van der Waals surface area contributed by atoms with Crippen LogP contribution < -0.4 is 10.1 Å². The summed E-state index contributed by atoms with van der Waals surface area (Å²) in [5, 5.41) is 3.30. The molecule has 0 aliphatic heterocycles. The molecule has 192 valence electrons. The molecule has 0 bridgehead atoms. The zero-order chi connectivity index (χ0) is 26.5. The molecule has 1 heterocycles. The zero-order valence-corrected chi connectivity index (χ0v) is 22.0. The zero-order valence-electron chi connectivity index (χ0n) is 22.0. The quantitative estimate of drug-likeness (QED) is 0.208. The van der Waals surface area contributed by atoms with Gasteiger partial charge in [-0.25, -0.2) is 8.78 Å². The number of halogens is 2. The first-order chi connectivity index (χ1) is 17.3. The van der Waals surface area contributed by atoms with Crippen LogP contribution in [0.4, 0.5) is 8.78 Å². The number of ether oxygens (including phenoxy) is 1. The van der Waals surface area contributed by atoms with Gasteiger partial charge in [0, 0.05) is 35.5 Å². The Labute approximate surface area is 213 Å². The van der Waals surface area contributed by atoms with Crippen LogP contribution in [0.25, 0.3) is 11.3 Å². The van der Waals surface area contributed by atoms with E-state index in [1.165, 1.54) is 0 Å².